The molecule has 0 aliphatic carbocycles. The molecule has 1 heterocycles. The van der Waals surface area contributed by atoms with Gasteiger partial charge in [0, 0.05) is 12.1 Å². The number of sulfonamides is 1. The van der Waals surface area contributed by atoms with Crippen molar-refractivity contribution in [2.45, 2.75) is 45.1 Å². The first-order valence-corrected chi connectivity index (χ1v) is 7.35. The second-order valence-electron chi connectivity index (χ2n) is 4.58. The van der Waals surface area contributed by atoms with Crippen molar-refractivity contribution in [1.29, 1.82) is 0 Å². The standard InChI is InChI=1S/C10H22N2O2S/c1-3-4-8-15(13,14)12-9-10(2)6-5-7-11-10/h11-12H,3-9H2,1-2H3. The minimum absolute atomic E-state index is 0.0424. The van der Waals surface area contributed by atoms with Gasteiger partial charge in [0.05, 0.1) is 5.75 Å². The van der Waals surface area contributed by atoms with Gasteiger partial charge < -0.3 is 5.32 Å². The summed E-state index contributed by atoms with van der Waals surface area (Å²) in [4.78, 5) is 0. The van der Waals surface area contributed by atoms with Gasteiger partial charge in [-0.25, -0.2) is 13.1 Å². The third-order valence-electron chi connectivity index (χ3n) is 2.91. The second-order valence-corrected chi connectivity index (χ2v) is 6.51. The van der Waals surface area contributed by atoms with Gasteiger partial charge in [-0.1, -0.05) is 13.3 Å². The molecule has 0 spiro atoms. The van der Waals surface area contributed by atoms with Gasteiger partial charge in [-0.15, -0.1) is 0 Å². The summed E-state index contributed by atoms with van der Waals surface area (Å²) >= 11 is 0. The average molecular weight is 234 g/mol. The van der Waals surface area contributed by atoms with E-state index in [1.807, 2.05) is 6.92 Å². The minimum Gasteiger partial charge on any atom is -0.310 e. The quantitative estimate of drug-likeness (QED) is 0.716. The van der Waals surface area contributed by atoms with Crippen molar-refractivity contribution in [3.05, 3.63) is 0 Å². The van der Waals surface area contributed by atoms with Crippen LogP contribution in [0.2, 0.25) is 0 Å². The molecular formula is C10H22N2O2S. The van der Waals surface area contributed by atoms with Crippen LogP contribution in [0.4, 0.5) is 0 Å². The van der Waals surface area contributed by atoms with Crippen molar-refractivity contribution in [3.63, 3.8) is 0 Å². The Balaban J connectivity index is 2.35. The normalized spacial score (nSPS) is 27.1. The molecule has 0 saturated carbocycles. The van der Waals surface area contributed by atoms with Crippen LogP contribution < -0.4 is 10.0 Å². The highest BCUT2D eigenvalue weighted by Crippen LogP contribution is 2.17. The number of nitrogens with one attached hydrogen (secondary N) is 2. The van der Waals surface area contributed by atoms with Crippen molar-refractivity contribution in [2.75, 3.05) is 18.8 Å². The van der Waals surface area contributed by atoms with E-state index < -0.39 is 10.0 Å². The molecular weight excluding hydrogens is 212 g/mol. The first-order valence-electron chi connectivity index (χ1n) is 5.70. The van der Waals surface area contributed by atoms with E-state index in [1.165, 1.54) is 0 Å². The summed E-state index contributed by atoms with van der Waals surface area (Å²) in [6.07, 6.45) is 3.83. The first kappa shape index (κ1) is 12.9. The summed E-state index contributed by atoms with van der Waals surface area (Å²) in [5, 5.41) is 3.33. The topological polar surface area (TPSA) is 58.2 Å². The number of hydrogen-bond acceptors (Lipinski definition) is 3. The molecule has 90 valence electrons. The highest BCUT2D eigenvalue weighted by Gasteiger charge is 2.29. The van der Waals surface area contributed by atoms with Crippen molar-refractivity contribution in [1.82, 2.24) is 10.0 Å². The van der Waals surface area contributed by atoms with E-state index in [0.29, 0.717) is 6.54 Å². The lowest BCUT2D eigenvalue weighted by Crippen LogP contribution is -2.47. The van der Waals surface area contributed by atoms with Gasteiger partial charge in [-0.2, -0.15) is 0 Å². The first-order chi connectivity index (χ1) is 6.97. The maximum Gasteiger partial charge on any atom is 0.211 e. The summed E-state index contributed by atoms with van der Waals surface area (Å²) in [6.45, 7) is 5.57. The summed E-state index contributed by atoms with van der Waals surface area (Å²) in [7, 11) is -3.06. The van der Waals surface area contributed by atoms with Crippen LogP contribution in [0.15, 0.2) is 0 Å². The van der Waals surface area contributed by atoms with Gasteiger partial charge in [-0.3, -0.25) is 0 Å². The van der Waals surface area contributed by atoms with Crippen LogP contribution in [0, 0.1) is 0 Å². The fourth-order valence-corrected chi connectivity index (χ4v) is 3.14. The van der Waals surface area contributed by atoms with E-state index in [4.69, 9.17) is 0 Å². The Bertz CT molecular complexity index is 282. The molecule has 1 aliphatic heterocycles. The molecule has 0 aromatic heterocycles. The van der Waals surface area contributed by atoms with Gasteiger partial charge in [0.2, 0.25) is 10.0 Å². The largest absolute Gasteiger partial charge is 0.310 e. The van der Waals surface area contributed by atoms with Gasteiger partial charge >= 0.3 is 0 Å². The van der Waals surface area contributed by atoms with Crippen LogP contribution in [-0.2, 0) is 10.0 Å². The van der Waals surface area contributed by atoms with E-state index in [2.05, 4.69) is 17.0 Å². The lowest BCUT2D eigenvalue weighted by Gasteiger charge is -2.24. The summed E-state index contributed by atoms with van der Waals surface area (Å²) in [6, 6.07) is 0. The van der Waals surface area contributed by atoms with Crippen molar-refractivity contribution >= 4 is 10.0 Å². The van der Waals surface area contributed by atoms with E-state index >= 15 is 0 Å². The zero-order valence-corrected chi connectivity index (χ0v) is 10.5. The zero-order valence-electron chi connectivity index (χ0n) is 9.67. The zero-order chi connectivity index (χ0) is 11.4. The summed E-state index contributed by atoms with van der Waals surface area (Å²) < 4.78 is 25.8. The Kier molecular flexibility index (Phi) is 4.55. The van der Waals surface area contributed by atoms with Crippen molar-refractivity contribution in [3.8, 4) is 0 Å². The number of unbranched alkanes of at least 4 members (excludes halogenated alkanes) is 1. The third kappa shape index (κ3) is 4.49. The Morgan fingerprint density at radius 1 is 1.47 bits per heavy atom. The summed E-state index contributed by atoms with van der Waals surface area (Å²) in [5.41, 5.74) is -0.0424. The fraction of sp³-hybridized carbons (Fsp3) is 1.00. The van der Waals surface area contributed by atoms with Crippen LogP contribution in [-0.4, -0.2) is 32.8 Å². The number of hydrogen-bond donors (Lipinski definition) is 2. The van der Waals surface area contributed by atoms with Crippen LogP contribution >= 0.6 is 0 Å². The molecule has 1 atom stereocenters. The Labute approximate surface area is 92.9 Å². The number of rotatable bonds is 6. The average Bonchev–Trinajstić information content (AvgIpc) is 2.61. The van der Waals surface area contributed by atoms with Gasteiger partial charge in [0.1, 0.15) is 0 Å². The second kappa shape index (κ2) is 5.27. The SMILES string of the molecule is CCCCS(=O)(=O)NCC1(C)CCCN1. The maximum absolute atomic E-state index is 11.5. The molecule has 1 saturated heterocycles. The fourth-order valence-electron chi connectivity index (χ4n) is 1.78. The molecule has 4 nitrogen and oxygen atoms in total. The van der Waals surface area contributed by atoms with Gasteiger partial charge in [0.15, 0.2) is 0 Å². The Morgan fingerprint density at radius 2 is 2.20 bits per heavy atom. The van der Waals surface area contributed by atoms with E-state index in [1.54, 1.807) is 0 Å². The maximum atomic E-state index is 11.5. The third-order valence-corrected chi connectivity index (χ3v) is 4.32. The molecule has 0 aromatic carbocycles. The lowest BCUT2D eigenvalue weighted by molar-refractivity contribution is 0.409. The van der Waals surface area contributed by atoms with Crippen LogP contribution in [0.5, 0.6) is 0 Å². The molecule has 5 heteroatoms. The molecule has 1 unspecified atom stereocenters. The van der Waals surface area contributed by atoms with Gasteiger partial charge in [-0.05, 0) is 32.7 Å². The van der Waals surface area contributed by atoms with Crippen LogP contribution in [0.3, 0.4) is 0 Å². The van der Waals surface area contributed by atoms with E-state index in [-0.39, 0.29) is 11.3 Å². The Hall–Kier alpha value is -0.130. The van der Waals surface area contributed by atoms with Crippen molar-refractivity contribution in [2.24, 2.45) is 0 Å². The predicted molar refractivity (Wildman–Crippen MR) is 62.3 cm³/mol. The minimum atomic E-state index is -3.06. The molecule has 1 aliphatic rings. The Morgan fingerprint density at radius 3 is 2.73 bits per heavy atom. The highest BCUT2D eigenvalue weighted by molar-refractivity contribution is 7.89. The van der Waals surface area contributed by atoms with E-state index in [9.17, 15) is 8.42 Å². The van der Waals surface area contributed by atoms with Gasteiger partial charge in [0.25, 0.3) is 0 Å². The van der Waals surface area contributed by atoms with Crippen LogP contribution in [0.1, 0.15) is 39.5 Å². The van der Waals surface area contributed by atoms with E-state index in [0.717, 1.165) is 32.2 Å². The molecule has 0 amide bonds. The lowest BCUT2D eigenvalue weighted by atomic mass is 10.0. The smallest absolute Gasteiger partial charge is 0.211 e. The molecule has 0 radical (unpaired) electrons. The van der Waals surface area contributed by atoms with Crippen molar-refractivity contribution < 1.29 is 8.42 Å². The summed E-state index contributed by atoms with van der Waals surface area (Å²) in [5.74, 6) is 0.250. The molecule has 0 aromatic rings. The highest BCUT2D eigenvalue weighted by atomic mass is 32.2. The molecule has 1 rings (SSSR count). The molecule has 15 heavy (non-hydrogen) atoms. The predicted octanol–water partition coefficient (Wildman–Crippen LogP) is 0.848. The van der Waals surface area contributed by atoms with Crippen LogP contribution in [0.25, 0.3) is 0 Å². The molecule has 2 N–H and O–H groups in total. The molecule has 0 bridgehead atoms. The molecule has 1 fully saturated rings. The monoisotopic (exact) mass is 234 g/mol.